The average Bonchev–Trinajstić information content (AvgIpc) is 3.11. The van der Waals surface area contributed by atoms with Crippen LogP contribution < -0.4 is 0 Å². The van der Waals surface area contributed by atoms with Crippen molar-refractivity contribution in [1.29, 1.82) is 0 Å². The van der Waals surface area contributed by atoms with Crippen LogP contribution in [0.2, 0.25) is 5.02 Å². The maximum atomic E-state index is 6.30. The van der Waals surface area contributed by atoms with Crippen LogP contribution in [0.5, 0.6) is 0 Å². The Balaban J connectivity index is 1.25. The van der Waals surface area contributed by atoms with E-state index >= 15 is 0 Å². The fraction of sp³-hybridized carbons (Fsp3) is 0.0488. The van der Waals surface area contributed by atoms with Crippen LogP contribution in [0.4, 0.5) is 0 Å². The van der Waals surface area contributed by atoms with Gasteiger partial charge in [-0.05, 0) is 93.4 Å². The molecule has 1 aliphatic rings. The third-order valence-corrected chi connectivity index (χ3v) is 8.63. The Morgan fingerprint density at radius 1 is 0.444 bits per heavy atom. The Morgan fingerprint density at radius 3 is 1.71 bits per heavy atom. The molecule has 3 nitrogen and oxygen atoms in total. The Kier molecular flexibility index (Phi) is 7.01. The molecule has 1 aliphatic carbocycles. The molecule has 0 atom stereocenters. The topological polar surface area (TPSA) is 38.7 Å². The van der Waals surface area contributed by atoms with Crippen LogP contribution in [0.3, 0.4) is 0 Å². The SMILES string of the molecule is Clc1cccc(-c2cccc(-c3cccc(-c4nc(-c5ccc6c(c5)CCC=C6)nc(-c5ccc6ccccc6c5)n4)c3)c2)c1. The Labute approximate surface area is 267 Å². The number of aryl methyl sites for hydroxylation is 1. The predicted octanol–water partition coefficient (Wildman–Crippen LogP) is 11.0. The van der Waals surface area contributed by atoms with Gasteiger partial charge in [-0.25, -0.2) is 15.0 Å². The van der Waals surface area contributed by atoms with E-state index in [0.29, 0.717) is 17.5 Å². The lowest BCUT2D eigenvalue weighted by Crippen LogP contribution is -2.01. The zero-order chi connectivity index (χ0) is 30.2. The van der Waals surface area contributed by atoms with Crippen LogP contribution >= 0.6 is 11.6 Å². The fourth-order valence-electron chi connectivity index (χ4n) is 6.05. The average molecular weight is 598 g/mol. The van der Waals surface area contributed by atoms with Crippen LogP contribution in [0.25, 0.3) is 73.3 Å². The summed E-state index contributed by atoms with van der Waals surface area (Å²) in [6.45, 7) is 0. The van der Waals surface area contributed by atoms with Crippen LogP contribution in [-0.4, -0.2) is 15.0 Å². The van der Waals surface area contributed by atoms with Crippen molar-refractivity contribution in [2.45, 2.75) is 12.8 Å². The molecule has 1 heterocycles. The van der Waals surface area contributed by atoms with Gasteiger partial charge in [-0.3, -0.25) is 0 Å². The molecule has 214 valence electrons. The second kappa shape index (κ2) is 11.6. The molecule has 0 saturated carbocycles. The standard InChI is InChI=1S/C41H28ClN3/c42-38-17-7-15-34(26-38)32-13-5-12-31(22-32)33-14-6-16-35(25-33)39-43-40(36-20-18-27-8-1-3-10-29(27)23-36)45-41(44-39)37-21-19-28-9-2-4-11-30(28)24-37/h1-3,5-10,12-26H,4,11H2. The second-order valence-electron chi connectivity index (χ2n) is 11.4. The summed E-state index contributed by atoms with van der Waals surface area (Å²) in [4.78, 5) is 15.2. The first-order valence-electron chi connectivity index (χ1n) is 15.2. The quantitative estimate of drug-likeness (QED) is 0.198. The maximum Gasteiger partial charge on any atom is 0.164 e. The van der Waals surface area contributed by atoms with Crippen LogP contribution in [0, 0.1) is 0 Å². The molecular formula is C41H28ClN3. The minimum absolute atomic E-state index is 0.647. The van der Waals surface area contributed by atoms with Gasteiger partial charge in [0.25, 0.3) is 0 Å². The smallest absolute Gasteiger partial charge is 0.164 e. The maximum absolute atomic E-state index is 6.30. The van der Waals surface area contributed by atoms with Crippen LogP contribution in [0.1, 0.15) is 17.5 Å². The van der Waals surface area contributed by atoms with Gasteiger partial charge in [0, 0.05) is 21.7 Å². The molecule has 45 heavy (non-hydrogen) atoms. The summed E-state index contributed by atoms with van der Waals surface area (Å²) in [6.07, 6.45) is 6.51. The van der Waals surface area contributed by atoms with Gasteiger partial charge in [-0.2, -0.15) is 0 Å². The first-order valence-corrected chi connectivity index (χ1v) is 15.6. The largest absolute Gasteiger partial charge is 0.208 e. The number of benzene rings is 6. The number of hydrogen-bond donors (Lipinski definition) is 0. The highest BCUT2D eigenvalue weighted by molar-refractivity contribution is 6.30. The lowest BCUT2D eigenvalue weighted by Gasteiger charge is -2.13. The van der Waals surface area contributed by atoms with E-state index in [9.17, 15) is 0 Å². The Hall–Kier alpha value is -5.38. The molecule has 0 saturated heterocycles. The summed E-state index contributed by atoms with van der Waals surface area (Å²) < 4.78 is 0. The van der Waals surface area contributed by atoms with E-state index < -0.39 is 0 Å². The normalized spacial score (nSPS) is 12.3. The van der Waals surface area contributed by atoms with Gasteiger partial charge in [-0.1, -0.05) is 121 Å². The number of allylic oxidation sites excluding steroid dienone is 1. The van der Waals surface area contributed by atoms with Gasteiger partial charge < -0.3 is 0 Å². The lowest BCUT2D eigenvalue weighted by atomic mass is 9.95. The van der Waals surface area contributed by atoms with E-state index in [1.54, 1.807) is 0 Å². The number of aromatic nitrogens is 3. The zero-order valence-electron chi connectivity index (χ0n) is 24.5. The van der Waals surface area contributed by atoms with Crippen LogP contribution in [0.15, 0.2) is 140 Å². The number of nitrogens with zero attached hydrogens (tertiary/aromatic N) is 3. The number of rotatable bonds is 5. The summed E-state index contributed by atoms with van der Waals surface area (Å²) in [5.41, 5.74) is 9.89. The van der Waals surface area contributed by atoms with E-state index in [-0.39, 0.29) is 0 Å². The van der Waals surface area contributed by atoms with Gasteiger partial charge >= 0.3 is 0 Å². The van der Waals surface area contributed by atoms with Crippen molar-refractivity contribution in [1.82, 2.24) is 15.0 Å². The molecule has 0 bridgehead atoms. The summed E-state index contributed by atoms with van der Waals surface area (Å²) in [5.74, 6) is 1.98. The lowest BCUT2D eigenvalue weighted by molar-refractivity contribution is 0.984. The highest BCUT2D eigenvalue weighted by atomic mass is 35.5. The molecule has 7 aromatic rings. The van der Waals surface area contributed by atoms with Crippen molar-refractivity contribution in [2.24, 2.45) is 0 Å². The van der Waals surface area contributed by atoms with Crippen molar-refractivity contribution >= 4 is 28.4 Å². The third-order valence-electron chi connectivity index (χ3n) is 8.40. The molecule has 0 unspecified atom stereocenters. The molecule has 6 aromatic carbocycles. The molecule has 8 rings (SSSR count). The molecule has 0 aliphatic heterocycles. The molecule has 0 radical (unpaired) electrons. The van der Waals surface area contributed by atoms with Crippen molar-refractivity contribution in [3.63, 3.8) is 0 Å². The molecule has 1 aromatic heterocycles. The first-order chi connectivity index (χ1) is 22.2. The molecule has 0 fully saturated rings. The van der Waals surface area contributed by atoms with E-state index in [4.69, 9.17) is 26.6 Å². The molecule has 0 N–H and O–H groups in total. The van der Waals surface area contributed by atoms with Gasteiger partial charge in [0.1, 0.15) is 0 Å². The Morgan fingerprint density at radius 2 is 1.00 bits per heavy atom. The van der Waals surface area contributed by atoms with Crippen molar-refractivity contribution < 1.29 is 0 Å². The summed E-state index contributed by atoms with van der Waals surface area (Å²) in [5, 5.41) is 3.06. The van der Waals surface area contributed by atoms with Crippen molar-refractivity contribution in [3.8, 4) is 56.4 Å². The Bertz CT molecular complexity index is 2250. The number of halogens is 1. The van der Waals surface area contributed by atoms with Crippen molar-refractivity contribution in [2.75, 3.05) is 0 Å². The first kappa shape index (κ1) is 27.2. The van der Waals surface area contributed by atoms with E-state index in [0.717, 1.165) is 62.2 Å². The van der Waals surface area contributed by atoms with E-state index in [1.807, 2.05) is 18.2 Å². The third kappa shape index (κ3) is 5.55. The summed E-state index contributed by atoms with van der Waals surface area (Å²) >= 11 is 6.30. The summed E-state index contributed by atoms with van der Waals surface area (Å²) in [6, 6.07) is 46.2. The van der Waals surface area contributed by atoms with Gasteiger partial charge in [0.05, 0.1) is 0 Å². The van der Waals surface area contributed by atoms with Gasteiger partial charge in [0.15, 0.2) is 17.5 Å². The van der Waals surface area contributed by atoms with E-state index in [2.05, 4.69) is 127 Å². The van der Waals surface area contributed by atoms with Gasteiger partial charge in [-0.15, -0.1) is 0 Å². The predicted molar refractivity (Wildman–Crippen MR) is 187 cm³/mol. The van der Waals surface area contributed by atoms with Crippen LogP contribution in [-0.2, 0) is 6.42 Å². The van der Waals surface area contributed by atoms with E-state index in [1.165, 1.54) is 16.5 Å². The number of hydrogen-bond acceptors (Lipinski definition) is 3. The zero-order valence-corrected chi connectivity index (χ0v) is 25.2. The second-order valence-corrected chi connectivity index (χ2v) is 11.8. The fourth-order valence-corrected chi connectivity index (χ4v) is 6.24. The molecule has 0 amide bonds. The van der Waals surface area contributed by atoms with Crippen molar-refractivity contribution in [3.05, 3.63) is 156 Å². The minimum Gasteiger partial charge on any atom is -0.208 e. The summed E-state index contributed by atoms with van der Waals surface area (Å²) in [7, 11) is 0. The molecule has 0 spiro atoms. The minimum atomic E-state index is 0.647. The molecule has 4 heteroatoms. The highest BCUT2D eigenvalue weighted by Gasteiger charge is 2.15. The molecular weight excluding hydrogens is 570 g/mol. The highest BCUT2D eigenvalue weighted by Crippen LogP contribution is 2.32. The monoisotopic (exact) mass is 597 g/mol. The number of fused-ring (bicyclic) bond motifs is 2. The van der Waals surface area contributed by atoms with Gasteiger partial charge in [0.2, 0.25) is 0 Å².